The zero-order valence-electron chi connectivity index (χ0n) is 11.3. The third-order valence-electron chi connectivity index (χ3n) is 2.78. The number of pyridine rings is 1. The third kappa shape index (κ3) is 3.08. The molecule has 0 radical (unpaired) electrons. The first-order valence-corrected chi connectivity index (χ1v) is 7.18. The van der Waals surface area contributed by atoms with Gasteiger partial charge in [0, 0.05) is 4.88 Å². The Bertz CT molecular complexity index is 657. The summed E-state index contributed by atoms with van der Waals surface area (Å²) in [6.07, 6.45) is 0. The fraction of sp³-hybridized carbons (Fsp3) is 0.308. The fourth-order valence-electron chi connectivity index (χ4n) is 1.94. The smallest absolute Gasteiger partial charge is 0.339 e. The van der Waals surface area contributed by atoms with Crippen LogP contribution in [-0.2, 0) is 0 Å². The van der Waals surface area contributed by atoms with Crippen LogP contribution >= 0.6 is 22.9 Å². The molecule has 0 fully saturated rings. The molecule has 0 saturated heterocycles. The van der Waals surface area contributed by atoms with Crippen molar-refractivity contribution >= 4 is 34.7 Å². The molecule has 0 spiro atoms. The number of aromatic nitrogens is 2. The number of carbonyl (C=O) groups is 1. The minimum Gasteiger partial charge on any atom is -0.478 e. The van der Waals surface area contributed by atoms with Crippen LogP contribution < -0.4 is 5.32 Å². The molecule has 2 aromatic heterocycles. The van der Waals surface area contributed by atoms with Gasteiger partial charge in [0.25, 0.3) is 0 Å². The van der Waals surface area contributed by atoms with Gasteiger partial charge in [0.1, 0.15) is 16.5 Å². The Morgan fingerprint density at radius 1 is 1.40 bits per heavy atom. The summed E-state index contributed by atoms with van der Waals surface area (Å²) in [5, 5.41) is 13.5. The topological polar surface area (TPSA) is 75.1 Å². The summed E-state index contributed by atoms with van der Waals surface area (Å²) in [5.41, 5.74) is 1.03. The van der Waals surface area contributed by atoms with Gasteiger partial charge in [-0.3, -0.25) is 0 Å². The summed E-state index contributed by atoms with van der Waals surface area (Å²) in [4.78, 5) is 20.7. The van der Waals surface area contributed by atoms with Crippen molar-refractivity contribution in [2.75, 3.05) is 5.32 Å². The van der Waals surface area contributed by atoms with Crippen molar-refractivity contribution in [1.82, 2.24) is 9.97 Å². The summed E-state index contributed by atoms with van der Waals surface area (Å²) in [7, 11) is 0. The normalized spacial score (nSPS) is 12.2. The lowest BCUT2D eigenvalue weighted by molar-refractivity contribution is 0.0697. The van der Waals surface area contributed by atoms with Crippen molar-refractivity contribution in [3.05, 3.63) is 38.4 Å². The molecule has 0 aliphatic carbocycles. The van der Waals surface area contributed by atoms with Gasteiger partial charge in [-0.05, 0) is 32.9 Å². The first-order valence-electron chi connectivity index (χ1n) is 5.98. The van der Waals surface area contributed by atoms with Crippen LogP contribution in [0.4, 0.5) is 5.82 Å². The molecule has 1 unspecified atom stereocenters. The lowest BCUT2D eigenvalue weighted by atomic mass is 10.2. The van der Waals surface area contributed by atoms with Gasteiger partial charge in [-0.2, -0.15) is 0 Å². The quantitative estimate of drug-likeness (QED) is 0.842. The number of thiazole rings is 1. The maximum Gasteiger partial charge on any atom is 0.339 e. The van der Waals surface area contributed by atoms with E-state index in [1.165, 1.54) is 12.1 Å². The van der Waals surface area contributed by atoms with Gasteiger partial charge in [0.15, 0.2) is 0 Å². The van der Waals surface area contributed by atoms with E-state index >= 15 is 0 Å². The number of aromatic carboxylic acids is 1. The Morgan fingerprint density at radius 2 is 2.10 bits per heavy atom. The fourth-order valence-corrected chi connectivity index (χ4v) is 3.01. The SMILES string of the molecule is Cc1nc(C)c(C(C)Nc2nc(Cl)ccc2C(=O)O)s1. The van der Waals surface area contributed by atoms with E-state index in [9.17, 15) is 4.79 Å². The van der Waals surface area contributed by atoms with E-state index in [0.717, 1.165) is 15.6 Å². The largest absolute Gasteiger partial charge is 0.478 e. The number of nitrogens with one attached hydrogen (secondary N) is 1. The maximum absolute atomic E-state index is 11.2. The molecule has 0 aliphatic rings. The van der Waals surface area contributed by atoms with Crippen molar-refractivity contribution in [2.24, 2.45) is 0 Å². The number of halogens is 1. The lowest BCUT2D eigenvalue weighted by Crippen LogP contribution is -2.12. The first-order chi connectivity index (χ1) is 9.38. The first kappa shape index (κ1) is 14.7. The van der Waals surface area contributed by atoms with Crippen molar-refractivity contribution in [3.8, 4) is 0 Å². The molecular formula is C13H14ClN3O2S. The Kier molecular flexibility index (Phi) is 4.25. The van der Waals surface area contributed by atoms with E-state index in [2.05, 4.69) is 15.3 Å². The zero-order valence-corrected chi connectivity index (χ0v) is 12.8. The Morgan fingerprint density at radius 3 is 2.65 bits per heavy atom. The second kappa shape index (κ2) is 5.76. The zero-order chi connectivity index (χ0) is 14.9. The highest BCUT2D eigenvalue weighted by molar-refractivity contribution is 7.11. The van der Waals surface area contributed by atoms with Crippen molar-refractivity contribution in [3.63, 3.8) is 0 Å². The molecule has 20 heavy (non-hydrogen) atoms. The van der Waals surface area contributed by atoms with Crippen LogP contribution in [0.1, 0.15) is 38.9 Å². The standard InChI is InChI=1S/C13H14ClN3O2S/c1-6-11(20-8(3)15-6)7(2)16-12-9(13(18)19)4-5-10(14)17-12/h4-5,7H,1-3H3,(H,16,17)(H,18,19). The summed E-state index contributed by atoms with van der Waals surface area (Å²) < 4.78 is 0. The van der Waals surface area contributed by atoms with Crippen LogP contribution in [0.5, 0.6) is 0 Å². The molecular weight excluding hydrogens is 298 g/mol. The highest BCUT2D eigenvalue weighted by Gasteiger charge is 2.18. The van der Waals surface area contributed by atoms with Crippen molar-refractivity contribution in [1.29, 1.82) is 0 Å². The number of rotatable bonds is 4. The molecule has 0 aliphatic heterocycles. The second-order valence-corrected chi connectivity index (χ2v) is 6.01. The number of hydrogen-bond donors (Lipinski definition) is 2. The number of anilines is 1. The monoisotopic (exact) mass is 311 g/mol. The molecule has 0 bridgehead atoms. The molecule has 0 saturated carbocycles. The second-order valence-electron chi connectivity index (χ2n) is 4.38. The summed E-state index contributed by atoms with van der Waals surface area (Å²) in [6, 6.07) is 2.81. The molecule has 2 aromatic rings. The molecule has 0 aromatic carbocycles. The van der Waals surface area contributed by atoms with E-state index in [0.29, 0.717) is 0 Å². The van der Waals surface area contributed by atoms with E-state index in [-0.39, 0.29) is 22.6 Å². The van der Waals surface area contributed by atoms with E-state index < -0.39 is 5.97 Å². The van der Waals surface area contributed by atoms with Gasteiger partial charge >= 0.3 is 5.97 Å². The minimum atomic E-state index is -1.04. The maximum atomic E-state index is 11.2. The Labute approximate surface area is 125 Å². The third-order valence-corrected chi connectivity index (χ3v) is 4.24. The molecule has 0 amide bonds. The van der Waals surface area contributed by atoms with Gasteiger partial charge in [-0.25, -0.2) is 14.8 Å². The average molecular weight is 312 g/mol. The number of nitrogens with zero attached hydrogens (tertiary/aromatic N) is 2. The van der Waals surface area contributed by atoms with Gasteiger partial charge < -0.3 is 10.4 Å². The van der Waals surface area contributed by atoms with Crippen molar-refractivity contribution in [2.45, 2.75) is 26.8 Å². The van der Waals surface area contributed by atoms with Crippen LogP contribution in [0.15, 0.2) is 12.1 Å². The predicted octanol–water partition coefficient (Wildman–Crippen LogP) is 3.68. The number of carboxylic acids is 1. The molecule has 2 rings (SSSR count). The van der Waals surface area contributed by atoms with Crippen LogP contribution in [-0.4, -0.2) is 21.0 Å². The average Bonchev–Trinajstić information content (AvgIpc) is 2.68. The van der Waals surface area contributed by atoms with E-state index in [1.807, 2.05) is 20.8 Å². The summed E-state index contributed by atoms with van der Waals surface area (Å²) in [5.74, 6) is -0.774. The molecule has 106 valence electrons. The summed E-state index contributed by atoms with van der Waals surface area (Å²) in [6.45, 7) is 5.81. The van der Waals surface area contributed by atoms with E-state index in [1.54, 1.807) is 11.3 Å². The number of aryl methyl sites for hydroxylation is 2. The molecule has 5 nitrogen and oxygen atoms in total. The molecule has 2 N–H and O–H groups in total. The number of carboxylic acid groups (broad SMARTS) is 1. The van der Waals surface area contributed by atoms with Crippen LogP contribution in [0.2, 0.25) is 5.15 Å². The van der Waals surface area contributed by atoms with Gasteiger partial charge in [-0.15, -0.1) is 11.3 Å². The summed E-state index contributed by atoms with van der Waals surface area (Å²) >= 11 is 7.41. The van der Waals surface area contributed by atoms with Crippen molar-refractivity contribution < 1.29 is 9.90 Å². The molecule has 2 heterocycles. The van der Waals surface area contributed by atoms with E-state index in [4.69, 9.17) is 16.7 Å². The number of hydrogen-bond acceptors (Lipinski definition) is 5. The van der Waals surface area contributed by atoms with Crippen LogP contribution in [0.3, 0.4) is 0 Å². The Balaban J connectivity index is 2.32. The lowest BCUT2D eigenvalue weighted by Gasteiger charge is -2.15. The van der Waals surface area contributed by atoms with Gasteiger partial charge in [0.05, 0.1) is 16.7 Å². The van der Waals surface area contributed by atoms with Crippen LogP contribution in [0.25, 0.3) is 0 Å². The highest BCUT2D eigenvalue weighted by atomic mass is 35.5. The van der Waals surface area contributed by atoms with Gasteiger partial charge in [0.2, 0.25) is 0 Å². The minimum absolute atomic E-state index is 0.0923. The predicted molar refractivity (Wildman–Crippen MR) is 79.8 cm³/mol. The molecule has 1 atom stereocenters. The van der Waals surface area contributed by atoms with Gasteiger partial charge in [-0.1, -0.05) is 11.6 Å². The highest BCUT2D eigenvalue weighted by Crippen LogP contribution is 2.28. The Hall–Kier alpha value is -1.66. The molecule has 7 heteroatoms. The van der Waals surface area contributed by atoms with Crippen LogP contribution in [0, 0.1) is 13.8 Å².